The number of alkyl halides is 1. The molecule has 0 aliphatic carbocycles. The van der Waals surface area contributed by atoms with Crippen LogP contribution in [0.4, 0.5) is 13.6 Å². The van der Waals surface area contributed by atoms with E-state index in [-0.39, 0.29) is 25.3 Å². The number of amides is 2. The molecule has 7 nitrogen and oxygen atoms in total. The number of nitrogens with zero attached hydrogens (tertiary/aromatic N) is 2. The first-order valence-corrected chi connectivity index (χ1v) is 15.4. The lowest BCUT2D eigenvalue weighted by molar-refractivity contribution is 0.0519. The molecule has 1 aliphatic heterocycles. The molecule has 1 N–H and O–H groups in total. The van der Waals surface area contributed by atoms with Crippen LogP contribution in [0.2, 0.25) is 0 Å². The van der Waals surface area contributed by atoms with Crippen molar-refractivity contribution < 1.29 is 27.5 Å². The van der Waals surface area contributed by atoms with Gasteiger partial charge in [0.25, 0.3) is 5.91 Å². The maximum Gasteiger partial charge on any atom is 0.408 e. The first kappa shape index (κ1) is 33.1. The Labute approximate surface area is 259 Å². The van der Waals surface area contributed by atoms with Gasteiger partial charge in [0.1, 0.15) is 28.2 Å². The molecule has 1 unspecified atom stereocenters. The number of benzene rings is 2. The summed E-state index contributed by atoms with van der Waals surface area (Å²) < 4.78 is 40.4. The number of piperidine rings is 1. The number of alkyl carbamates (subject to hydrolysis) is 1. The number of pyridine rings is 1. The zero-order valence-electron chi connectivity index (χ0n) is 25.9. The van der Waals surface area contributed by atoms with Crippen LogP contribution in [0.25, 0.3) is 33.2 Å². The van der Waals surface area contributed by atoms with E-state index >= 15 is 0 Å². The zero-order valence-corrected chi connectivity index (χ0v) is 27.0. The normalized spacial score (nSPS) is 14.5. The number of likely N-dealkylation sites (tertiary alicyclic amines) is 1. The van der Waals surface area contributed by atoms with E-state index in [1.807, 2.05) is 24.3 Å². The van der Waals surface area contributed by atoms with E-state index in [4.69, 9.17) is 9.15 Å². The van der Waals surface area contributed by atoms with Crippen molar-refractivity contribution in [1.29, 1.82) is 0 Å². The third-order valence-corrected chi connectivity index (χ3v) is 7.46. The van der Waals surface area contributed by atoms with Crippen LogP contribution < -0.4 is 5.32 Å². The number of hydrogen-bond donors (Lipinski definition) is 1. The monoisotopic (exact) mass is 623 g/mol. The summed E-state index contributed by atoms with van der Waals surface area (Å²) >= 11 is 0. The number of furan rings is 1. The van der Waals surface area contributed by atoms with Crippen LogP contribution in [-0.2, 0) is 11.3 Å². The molecule has 4 aromatic rings. The Balaban J connectivity index is 0.00000141. The van der Waals surface area contributed by atoms with Gasteiger partial charge in [-0.2, -0.15) is 0 Å². The highest BCUT2D eigenvalue weighted by Gasteiger charge is 2.32. The van der Waals surface area contributed by atoms with Crippen molar-refractivity contribution in [2.75, 3.05) is 13.1 Å². The summed E-state index contributed by atoms with van der Waals surface area (Å²) in [7, 11) is 2.24. The number of halogens is 2. The fourth-order valence-corrected chi connectivity index (χ4v) is 5.05. The van der Waals surface area contributed by atoms with E-state index in [1.54, 1.807) is 49.9 Å². The molecular weight excluding hydrogens is 583 g/mol. The number of aromatic nitrogens is 1. The number of carbonyl (C=O) groups excluding carboxylic acids is 2. The SMILES string of the molecule is CC(C)(C)OC(=O)NCc1cc2cc(-c3ccc(C(=O)N4CCC(F)(P)CC4)cc3)cc(-c3ccncc3F)c2o1.CCC. The largest absolute Gasteiger partial charge is 0.459 e. The van der Waals surface area contributed by atoms with Gasteiger partial charge in [-0.25, -0.2) is 13.6 Å². The Kier molecular flexibility index (Phi) is 10.4. The summed E-state index contributed by atoms with van der Waals surface area (Å²) in [4.78, 5) is 30.7. The summed E-state index contributed by atoms with van der Waals surface area (Å²) in [6.45, 7) is 10.4. The van der Waals surface area contributed by atoms with Crippen molar-refractivity contribution >= 4 is 32.2 Å². The number of ether oxygens (including phenoxy) is 1. The van der Waals surface area contributed by atoms with Gasteiger partial charge in [0.15, 0.2) is 0 Å². The van der Waals surface area contributed by atoms with Crippen LogP contribution >= 0.6 is 9.24 Å². The molecule has 0 radical (unpaired) electrons. The molecule has 1 aliphatic rings. The minimum absolute atomic E-state index is 0.0880. The van der Waals surface area contributed by atoms with Crippen LogP contribution in [0.3, 0.4) is 0 Å². The number of hydrogen-bond acceptors (Lipinski definition) is 5. The van der Waals surface area contributed by atoms with Crippen molar-refractivity contribution in [3.8, 4) is 22.3 Å². The Bertz CT molecular complexity index is 1600. The van der Waals surface area contributed by atoms with Gasteiger partial charge in [-0.15, -0.1) is 0 Å². The standard InChI is InChI=1S/C31H32F2N3O4P.C3H8/c1-30(2,3)40-29(38)35-17-23-15-22-14-21(16-25(27(22)39-23)24-8-11-34-18-26(24)32)19-4-6-20(7-5-19)28(37)36-12-9-31(33,41)10-13-36;1-3-2/h4-8,11,14-16,18H,9-10,12-13,17,41H2,1-3H3,(H,35,38);3H2,1-2H3. The zero-order chi connectivity index (χ0) is 32.1. The van der Waals surface area contributed by atoms with Crippen LogP contribution in [0.5, 0.6) is 0 Å². The molecule has 1 fully saturated rings. The highest BCUT2D eigenvalue weighted by molar-refractivity contribution is 7.18. The molecule has 0 spiro atoms. The predicted octanol–water partition coefficient (Wildman–Crippen LogP) is 8.52. The number of rotatable bonds is 5. The molecule has 10 heteroatoms. The third-order valence-electron chi connectivity index (χ3n) is 6.88. The van der Waals surface area contributed by atoms with Gasteiger partial charge in [0.05, 0.1) is 12.7 Å². The maximum absolute atomic E-state index is 14.9. The minimum Gasteiger partial charge on any atom is -0.459 e. The van der Waals surface area contributed by atoms with Crippen LogP contribution in [0.15, 0.2) is 65.3 Å². The van der Waals surface area contributed by atoms with Crippen molar-refractivity contribution in [1.82, 2.24) is 15.2 Å². The topological polar surface area (TPSA) is 84.7 Å². The Hall–Kier alpha value is -3.84. The highest BCUT2D eigenvalue weighted by atomic mass is 31.0. The van der Waals surface area contributed by atoms with Gasteiger partial charge < -0.3 is 19.4 Å². The minimum atomic E-state index is -1.32. The summed E-state index contributed by atoms with van der Waals surface area (Å²) in [6.07, 6.45) is 3.91. The molecule has 2 aromatic heterocycles. The van der Waals surface area contributed by atoms with Crippen LogP contribution in [0.1, 0.15) is 70.0 Å². The van der Waals surface area contributed by atoms with Gasteiger partial charge >= 0.3 is 6.09 Å². The predicted molar refractivity (Wildman–Crippen MR) is 173 cm³/mol. The Morgan fingerprint density at radius 3 is 2.32 bits per heavy atom. The van der Waals surface area contributed by atoms with Crippen molar-refractivity contribution in [2.24, 2.45) is 0 Å². The molecule has 0 saturated carbocycles. The van der Waals surface area contributed by atoms with E-state index in [0.717, 1.165) is 22.7 Å². The fraction of sp³-hybridized carbons (Fsp3) is 0.382. The smallest absolute Gasteiger partial charge is 0.408 e. The molecule has 1 atom stereocenters. The van der Waals surface area contributed by atoms with Gasteiger partial charge in [-0.05, 0) is 68.3 Å². The number of fused-ring (bicyclic) bond motifs is 1. The molecule has 44 heavy (non-hydrogen) atoms. The number of nitrogens with one attached hydrogen (secondary N) is 1. The average molecular weight is 624 g/mol. The van der Waals surface area contributed by atoms with Crippen molar-refractivity contribution in [2.45, 2.75) is 71.4 Å². The molecular formula is C34H40F2N3O4P. The molecule has 0 bridgehead atoms. The van der Waals surface area contributed by atoms with Crippen LogP contribution in [-0.4, -0.2) is 46.0 Å². The Morgan fingerprint density at radius 1 is 1.05 bits per heavy atom. The molecule has 5 rings (SSSR count). The molecule has 2 aromatic carbocycles. The van der Waals surface area contributed by atoms with E-state index in [0.29, 0.717) is 41.1 Å². The van der Waals surface area contributed by atoms with E-state index in [1.165, 1.54) is 12.6 Å². The van der Waals surface area contributed by atoms with Crippen LogP contribution in [0, 0.1) is 5.82 Å². The third kappa shape index (κ3) is 8.41. The number of carbonyl (C=O) groups is 2. The lowest BCUT2D eigenvalue weighted by atomic mass is 9.96. The first-order chi connectivity index (χ1) is 20.8. The van der Waals surface area contributed by atoms with Gasteiger partial charge in [-0.1, -0.05) is 41.6 Å². The Morgan fingerprint density at radius 2 is 1.70 bits per heavy atom. The highest BCUT2D eigenvalue weighted by Crippen LogP contribution is 2.37. The van der Waals surface area contributed by atoms with E-state index in [9.17, 15) is 18.4 Å². The fourth-order valence-electron chi connectivity index (χ4n) is 4.80. The second-order valence-electron chi connectivity index (χ2n) is 12.0. The second-order valence-corrected chi connectivity index (χ2v) is 13.0. The van der Waals surface area contributed by atoms with Gasteiger partial charge in [-0.3, -0.25) is 9.78 Å². The van der Waals surface area contributed by atoms with Crippen molar-refractivity contribution in [3.63, 3.8) is 0 Å². The quantitative estimate of drug-likeness (QED) is 0.225. The molecule has 234 valence electrons. The van der Waals surface area contributed by atoms with Gasteiger partial charge in [0.2, 0.25) is 0 Å². The summed E-state index contributed by atoms with van der Waals surface area (Å²) in [5, 5.41) is 2.09. The average Bonchev–Trinajstić information content (AvgIpc) is 3.38. The van der Waals surface area contributed by atoms with E-state index < -0.39 is 22.9 Å². The summed E-state index contributed by atoms with van der Waals surface area (Å²) in [6, 6.07) is 14.3. The summed E-state index contributed by atoms with van der Waals surface area (Å²) in [5.74, 6) is -0.158. The second kappa shape index (κ2) is 13.9. The lowest BCUT2D eigenvalue weighted by Gasteiger charge is -2.34. The van der Waals surface area contributed by atoms with Gasteiger partial charge in [0, 0.05) is 54.2 Å². The summed E-state index contributed by atoms with van der Waals surface area (Å²) in [5.41, 5.74) is 2.81. The first-order valence-electron chi connectivity index (χ1n) is 14.8. The molecule has 3 heterocycles. The molecule has 1 saturated heterocycles. The maximum atomic E-state index is 14.9. The molecule has 2 amide bonds. The van der Waals surface area contributed by atoms with E-state index in [2.05, 4.69) is 33.4 Å². The lowest BCUT2D eigenvalue weighted by Crippen LogP contribution is -2.42. The van der Waals surface area contributed by atoms with Crippen molar-refractivity contribution in [3.05, 3.63) is 78.1 Å².